The van der Waals surface area contributed by atoms with Gasteiger partial charge in [-0.1, -0.05) is 30.3 Å². The summed E-state index contributed by atoms with van der Waals surface area (Å²) >= 11 is 0. The normalized spacial score (nSPS) is 13.1. The maximum Gasteiger partial charge on any atom is 0.0717 e. The molecule has 0 saturated carbocycles. The predicted molar refractivity (Wildman–Crippen MR) is 62.6 cm³/mol. The second kappa shape index (κ2) is 6.56. The Morgan fingerprint density at radius 3 is 2.53 bits per heavy atom. The third-order valence-electron chi connectivity index (χ3n) is 2.04. The average Bonchev–Trinajstić information content (AvgIpc) is 2.18. The summed E-state index contributed by atoms with van der Waals surface area (Å²) in [6, 6.07) is 10.2. The lowest BCUT2D eigenvalue weighted by Gasteiger charge is -2.16. The number of ether oxygens (including phenoxy) is 1. The highest BCUT2D eigenvalue weighted by molar-refractivity contribution is 5.13. The third-order valence-corrected chi connectivity index (χ3v) is 2.04. The highest BCUT2D eigenvalue weighted by Gasteiger charge is 2.03. The van der Waals surface area contributed by atoms with Gasteiger partial charge in [0, 0.05) is 12.6 Å². The summed E-state index contributed by atoms with van der Waals surface area (Å²) < 4.78 is 5.53. The Bertz CT molecular complexity index is 262. The van der Waals surface area contributed by atoms with E-state index < -0.39 is 0 Å². The molecule has 1 unspecified atom stereocenters. The van der Waals surface area contributed by atoms with Crippen molar-refractivity contribution in [2.75, 3.05) is 27.2 Å². The third kappa shape index (κ3) is 5.52. The fraction of sp³-hybridized carbons (Fsp3) is 0.500. The number of likely N-dealkylation sites (N-methyl/N-ethyl adjacent to an activating group) is 1. The first-order valence-corrected chi connectivity index (χ1v) is 5.20. The maximum absolute atomic E-state index is 5.87. The molecule has 1 atom stereocenters. The van der Waals surface area contributed by atoms with E-state index in [1.165, 1.54) is 5.56 Å². The van der Waals surface area contributed by atoms with Crippen LogP contribution in [0.15, 0.2) is 30.3 Å². The largest absolute Gasteiger partial charge is 0.375 e. The molecule has 0 aliphatic carbocycles. The summed E-state index contributed by atoms with van der Waals surface area (Å²) in [6.45, 7) is 2.10. The van der Waals surface area contributed by atoms with Gasteiger partial charge in [0.05, 0.1) is 13.2 Å². The van der Waals surface area contributed by atoms with Crippen molar-refractivity contribution >= 4 is 0 Å². The molecule has 0 bridgehead atoms. The summed E-state index contributed by atoms with van der Waals surface area (Å²) in [4.78, 5) is 2.07. The molecule has 0 saturated heterocycles. The second-order valence-corrected chi connectivity index (χ2v) is 4.02. The molecule has 1 aromatic rings. The molecule has 1 aromatic carbocycles. The number of hydrogen-bond donors (Lipinski definition) is 1. The van der Waals surface area contributed by atoms with Crippen LogP contribution in [-0.4, -0.2) is 38.2 Å². The fourth-order valence-electron chi connectivity index (χ4n) is 1.42. The topological polar surface area (TPSA) is 38.5 Å². The van der Waals surface area contributed by atoms with Crippen LogP contribution in [0.1, 0.15) is 5.56 Å². The van der Waals surface area contributed by atoms with Crippen molar-refractivity contribution in [2.24, 2.45) is 5.73 Å². The molecule has 0 aliphatic heterocycles. The minimum absolute atomic E-state index is 0.0868. The maximum atomic E-state index is 5.87. The fourth-order valence-corrected chi connectivity index (χ4v) is 1.42. The molecule has 0 amide bonds. The molecule has 0 aromatic heterocycles. The van der Waals surface area contributed by atoms with Crippen LogP contribution in [0.3, 0.4) is 0 Å². The number of nitrogens with zero attached hydrogens (tertiary/aromatic N) is 1. The second-order valence-electron chi connectivity index (χ2n) is 4.02. The van der Waals surface area contributed by atoms with Crippen LogP contribution in [0.5, 0.6) is 0 Å². The molecule has 0 radical (unpaired) electrons. The monoisotopic (exact) mass is 208 g/mol. The summed E-state index contributed by atoms with van der Waals surface area (Å²) in [6.07, 6.45) is 0. The Labute approximate surface area is 91.8 Å². The molecule has 0 aliphatic rings. The molecule has 0 heterocycles. The van der Waals surface area contributed by atoms with Crippen LogP contribution >= 0.6 is 0 Å². The van der Waals surface area contributed by atoms with Gasteiger partial charge in [-0.05, 0) is 19.7 Å². The lowest BCUT2D eigenvalue weighted by atomic mass is 10.2. The average molecular weight is 208 g/mol. The van der Waals surface area contributed by atoms with E-state index in [2.05, 4.69) is 17.0 Å². The van der Waals surface area contributed by atoms with E-state index in [1.54, 1.807) is 0 Å². The van der Waals surface area contributed by atoms with Gasteiger partial charge in [0.1, 0.15) is 0 Å². The van der Waals surface area contributed by atoms with E-state index >= 15 is 0 Å². The Hall–Kier alpha value is -0.900. The van der Waals surface area contributed by atoms with Crippen LogP contribution in [-0.2, 0) is 11.3 Å². The molecule has 15 heavy (non-hydrogen) atoms. The van der Waals surface area contributed by atoms with Crippen LogP contribution in [0.4, 0.5) is 0 Å². The van der Waals surface area contributed by atoms with Gasteiger partial charge >= 0.3 is 0 Å². The van der Waals surface area contributed by atoms with E-state index in [4.69, 9.17) is 10.5 Å². The van der Waals surface area contributed by atoms with Crippen molar-refractivity contribution in [3.8, 4) is 0 Å². The molecular formula is C12H20N2O. The summed E-state index contributed by atoms with van der Waals surface area (Å²) in [7, 11) is 4.02. The first-order valence-electron chi connectivity index (χ1n) is 5.20. The first-order chi connectivity index (χ1) is 7.18. The molecule has 3 nitrogen and oxygen atoms in total. The smallest absolute Gasteiger partial charge is 0.0717 e. The summed E-state index contributed by atoms with van der Waals surface area (Å²) in [5.41, 5.74) is 7.06. The van der Waals surface area contributed by atoms with Crippen molar-refractivity contribution in [3.63, 3.8) is 0 Å². The zero-order valence-electron chi connectivity index (χ0n) is 9.52. The standard InChI is InChI=1S/C12H20N2O/c1-14(2)8-12(13)10-15-9-11-6-4-3-5-7-11/h3-7,12H,8-10,13H2,1-2H3. The Balaban J connectivity index is 2.16. The van der Waals surface area contributed by atoms with Crippen LogP contribution in [0.25, 0.3) is 0 Å². The Morgan fingerprint density at radius 1 is 1.27 bits per heavy atom. The van der Waals surface area contributed by atoms with Gasteiger partial charge < -0.3 is 15.4 Å². The number of benzene rings is 1. The summed E-state index contributed by atoms with van der Waals surface area (Å²) in [5, 5.41) is 0. The van der Waals surface area contributed by atoms with Crippen molar-refractivity contribution in [2.45, 2.75) is 12.6 Å². The zero-order valence-corrected chi connectivity index (χ0v) is 9.52. The van der Waals surface area contributed by atoms with Crippen molar-refractivity contribution in [1.82, 2.24) is 4.90 Å². The predicted octanol–water partition coefficient (Wildman–Crippen LogP) is 1.09. The van der Waals surface area contributed by atoms with Crippen LogP contribution < -0.4 is 5.73 Å². The lowest BCUT2D eigenvalue weighted by molar-refractivity contribution is 0.101. The van der Waals surface area contributed by atoms with Crippen molar-refractivity contribution in [3.05, 3.63) is 35.9 Å². The Morgan fingerprint density at radius 2 is 1.93 bits per heavy atom. The van der Waals surface area contributed by atoms with Gasteiger partial charge in [-0.3, -0.25) is 0 Å². The van der Waals surface area contributed by atoms with E-state index in [1.807, 2.05) is 32.3 Å². The van der Waals surface area contributed by atoms with Crippen LogP contribution in [0, 0.1) is 0 Å². The first kappa shape index (κ1) is 12.2. The SMILES string of the molecule is CN(C)CC(N)COCc1ccccc1. The van der Waals surface area contributed by atoms with E-state index in [-0.39, 0.29) is 6.04 Å². The molecule has 0 fully saturated rings. The van der Waals surface area contributed by atoms with Crippen molar-refractivity contribution < 1.29 is 4.74 Å². The molecule has 1 rings (SSSR count). The van der Waals surface area contributed by atoms with Gasteiger partial charge in [0.2, 0.25) is 0 Å². The molecule has 0 spiro atoms. The lowest BCUT2D eigenvalue weighted by Crippen LogP contribution is -2.36. The number of nitrogens with two attached hydrogens (primary N) is 1. The van der Waals surface area contributed by atoms with Gasteiger partial charge in [0.15, 0.2) is 0 Å². The van der Waals surface area contributed by atoms with E-state index in [0.29, 0.717) is 13.2 Å². The molecule has 2 N–H and O–H groups in total. The zero-order chi connectivity index (χ0) is 11.1. The van der Waals surface area contributed by atoms with Crippen molar-refractivity contribution in [1.29, 1.82) is 0 Å². The highest BCUT2D eigenvalue weighted by Crippen LogP contribution is 2.00. The number of hydrogen-bond acceptors (Lipinski definition) is 3. The van der Waals surface area contributed by atoms with Gasteiger partial charge in [-0.15, -0.1) is 0 Å². The molecule has 84 valence electrons. The minimum Gasteiger partial charge on any atom is -0.375 e. The highest BCUT2D eigenvalue weighted by atomic mass is 16.5. The van der Waals surface area contributed by atoms with Crippen LogP contribution in [0.2, 0.25) is 0 Å². The van der Waals surface area contributed by atoms with Gasteiger partial charge in [-0.25, -0.2) is 0 Å². The summed E-state index contributed by atoms with van der Waals surface area (Å²) in [5.74, 6) is 0. The molecular weight excluding hydrogens is 188 g/mol. The number of rotatable bonds is 6. The minimum atomic E-state index is 0.0868. The Kier molecular flexibility index (Phi) is 5.32. The van der Waals surface area contributed by atoms with Gasteiger partial charge in [0.25, 0.3) is 0 Å². The molecule has 3 heteroatoms. The van der Waals surface area contributed by atoms with E-state index in [9.17, 15) is 0 Å². The van der Waals surface area contributed by atoms with E-state index in [0.717, 1.165) is 6.54 Å². The van der Waals surface area contributed by atoms with Gasteiger partial charge in [-0.2, -0.15) is 0 Å². The quantitative estimate of drug-likeness (QED) is 0.760.